The van der Waals surface area contributed by atoms with Crippen molar-refractivity contribution in [2.45, 2.75) is 51.5 Å². The average Bonchev–Trinajstić information content (AvgIpc) is 2.89. The number of aromatic nitrogens is 2. The molecule has 4 aliphatic carbocycles. The molecule has 1 aliphatic heterocycles. The van der Waals surface area contributed by atoms with Gasteiger partial charge in [0.05, 0.1) is 18.2 Å². The maximum absolute atomic E-state index is 14.1. The lowest BCUT2D eigenvalue weighted by molar-refractivity contribution is -0.143. The van der Waals surface area contributed by atoms with Gasteiger partial charge in [-0.25, -0.2) is 0 Å². The molecule has 7 rings (SSSR count). The van der Waals surface area contributed by atoms with Crippen LogP contribution in [0.15, 0.2) is 30.5 Å². The number of aryl methyl sites for hydroxylation is 1. The molecular weight excluding hydrogens is 334 g/mol. The lowest BCUT2D eigenvalue weighted by Crippen LogP contribution is -2.54. The van der Waals surface area contributed by atoms with Crippen LogP contribution in [-0.4, -0.2) is 15.7 Å². The van der Waals surface area contributed by atoms with Crippen molar-refractivity contribution in [3.63, 3.8) is 0 Å². The number of fused-ring (bicyclic) bond motifs is 2. The van der Waals surface area contributed by atoms with Crippen LogP contribution in [0.2, 0.25) is 0 Å². The first-order valence-electron chi connectivity index (χ1n) is 10.5. The van der Waals surface area contributed by atoms with E-state index in [1.54, 1.807) is 0 Å². The van der Waals surface area contributed by atoms with Crippen molar-refractivity contribution in [3.8, 4) is 0 Å². The van der Waals surface area contributed by atoms with Crippen LogP contribution < -0.4 is 4.90 Å². The molecule has 140 valence electrons. The monoisotopic (exact) mass is 361 g/mol. The molecular formula is C23H27N3O. The van der Waals surface area contributed by atoms with Crippen LogP contribution in [0, 0.1) is 23.2 Å². The van der Waals surface area contributed by atoms with E-state index in [9.17, 15) is 4.79 Å². The summed E-state index contributed by atoms with van der Waals surface area (Å²) in [5, 5.41) is 4.48. The van der Waals surface area contributed by atoms with E-state index < -0.39 is 0 Å². The summed E-state index contributed by atoms with van der Waals surface area (Å²) < 4.78 is 1.98. The molecule has 5 aliphatic rings. The van der Waals surface area contributed by atoms with Gasteiger partial charge in [0, 0.05) is 30.4 Å². The number of anilines is 1. The van der Waals surface area contributed by atoms with Crippen molar-refractivity contribution in [1.29, 1.82) is 0 Å². The number of nitrogens with zero attached hydrogens (tertiary/aromatic N) is 3. The molecule has 1 aromatic heterocycles. The summed E-state index contributed by atoms with van der Waals surface area (Å²) in [4.78, 5) is 16.2. The van der Waals surface area contributed by atoms with Crippen LogP contribution in [0.4, 0.5) is 5.69 Å². The predicted octanol–water partition coefficient (Wildman–Crippen LogP) is 4.07. The van der Waals surface area contributed by atoms with E-state index in [-0.39, 0.29) is 5.41 Å². The molecule has 1 aromatic carbocycles. The van der Waals surface area contributed by atoms with E-state index in [4.69, 9.17) is 0 Å². The van der Waals surface area contributed by atoms with Gasteiger partial charge in [0.2, 0.25) is 5.91 Å². The van der Waals surface area contributed by atoms with Crippen LogP contribution in [0.5, 0.6) is 0 Å². The van der Waals surface area contributed by atoms with Crippen LogP contribution in [-0.2, 0) is 24.8 Å². The Kier molecular flexibility index (Phi) is 3.22. The van der Waals surface area contributed by atoms with Gasteiger partial charge in [-0.2, -0.15) is 5.10 Å². The molecule has 0 N–H and O–H groups in total. The van der Waals surface area contributed by atoms with E-state index in [1.807, 2.05) is 17.9 Å². The van der Waals surface area contributed by atoms with E-state index in [1.165, 1.54) is 36.1 Å². The highest BCUT2D eigenvalue weighted by Gasteiger charge is 2.56. The van der Waals surface area contributed by atoms with Gasteiger partial charge in [-0.05, 0) is 67.9 Å². The number of amides is 1. The third-order valence-corrected chi connectivity index (χ3v) is 7.85. The first-order valence-corrected chi connectivity index (χ1v) is 10.5. The standard InChI is InChI=1S/C23H27N3O/c1-25-21-9-18-4-2-3-5-20(18)26(14-19(21)13-24-25)22(27)23-10-15-6-16(11-23)8-17(7-15)12-23/h2-5,13,15-17H,6-12,14H2,1H3. The fourth-order valence-electron chi connectivity index (χ4n) is 7.07. The third-order valence-electron chi connectivity index (χ3n) is 7.85. The average molecular weight is 361 g/mol. The summed E-state index contributed by atoms with van der Waals surface area (Å²) in [6.45, 7) is 0.667. The molecule has 4 saturated carbocycles. The van der Waals surface area contributed by atoms with Crippen molar-refractivity contribution < 1.29 is 4.79 Å². The van der Waals surface area contributed by atoms with Gasteiger partial charge in [-0.15, -0.1) is 0 Å². The largest absolute Gasteiger partial charge is 0.307 e. The number of rotatable bonds is 1. The lowest BCUT2D eigenvalue weighted by Gasteiger charge is -2.56. The number of carbonyl (C=O) groups is 1. The molecule has 4 fully saturated rings. The fraction of sp³-hybridized carbons (Fsp3) is 0.565. The normalized spacial score (nSPS) is 33.5. The van der Waals surface area contributed by atoms with Crippen molar-refractivity contribution in [2.75, 3.05) is 4.90 Å². The zero-order chi connectivity index (χ0) is 18.2. The van der Waals surface area contributed by atoms with Crippen LogP contribution >= 0.6 is 0 Å². The van der Waals surface area contributed by atoms with Gasteiger partial charge in [0.15, 0.2) is 0 Å². The molecule has 4 heteroatoms. The summed E-state index contributed by atoms with van der Waals surface area (Å²) in [5.74, 6) is 2.76. The number of para-hydroxylation sites is 1. The third kappa shape index (κ3) is 2.28. The molecule has 0 spiro atoms. The van der Waals surface area contributed by atoms with Gasteiger partial charge in [-0.3, -0.25) is 9.48 Å². The summed E-state index contributed by atoms with van der Waals surface area (Å²) in [6.07, 6.45) is 10.3. The van der Waals surface area contributed by atoms with E-state index in [2.05, 4.69) is 34.3 Å². The van der Waals surface area contributed by atoms with Gasteiger partial charge < -0.3 is 4.90 Å². The molecule has 0 atom stereocenters. The second-order valence-electron chi connectivity index (χ2n) is 9.63. The minimum absolute atomic E-state index is 0.103. The number of benzene rings is 1. The maximum atomic E-state index is 14.1. The van der Waals surface area contributed by atoms with E-state index in [0.29, 0.717) is 12.5 Å². The summed E-state index contributed by atoms with van der Waals surface area (Å²) >= 11 is 0. The van der Waals surface area contributed by atoms with Crippen molar-refractivity contribution >= 4 is 11.6 Å². The molecule has 27 heavy (non-hydrogen) atoms. The summed E-state index contributed by atoms with van der Waals surface area (Å²) in [5.41, 5.74) is 4.71. The smallest absolute Gasteiger partial charge is 0.233 e. The zero-order valence-corrected chi connectivity index (χ0v) is 16.0. The molecule has 0 radical (unpaired) electrons. The van der Waals surface area contributed by atoms with Crippen molar-refractivity contribution in [2.24, 2.45) is 30.2 Å². The van der Waals surface area contributed by atoms with Crippen molar-refractivity contribution in [1.82, 2.24) is 9.78 Å². The Morgan fingerprint density at radius 3 is 2.41 bits per heavy atom. The van der Waals surface area contributed by atoms with E-state index >= 15 is 0 Å². The van der Waals surface area contributed by atoms with Crippen LogP contribution in [0.1, 0.15) is 55.3 Å². The Labute approximate surface area is 160 Å². The number of carbonyl (C=O) groups excluding carboxylic acids is 1. The highest BCUT2D eigenvalue weighted by molar-refractivity contribution is 5.98. The van der Waals surface area contributed by atoms with E-state index in [0.717, 1.165) is 49.1 Å². The molecule has 2 heterocycles. The summed E-state index contributed by atoms with van der Waals surface area (Å²) in [6, 6.07) is 8.49. The second kappa shape index (κ2) is 5.46. The molecule has 1 amide bonds. The topological polar surface area (TPSA) is 38.1 Å². The van der Waals surface area contributed by atoms with Gasteiger partial charge in [-0.1, -0.05) is 18.2 Å². The predicted molar refractivity (Wildman–Crippen MR) is 104 cm³/mol. The summed E-state index contributed by atoms with van der Waals surface area (Å²) in [7, 11) is 2.01. The minimum atomic E-state index is -0.103. The van der Waals surface area contributed by atoms with Crippen LogP contribution in [0.25, 0.3) is 0 Å². The quantitative estimate of drug-likeness (QED) is 0.768. The Balaban J connectivity index is 1.44. The Bertz CT molecular complexity index is 892. The molecule has 4 nitrogen and oxygen atoms in total. The maximum Gasteiger partial charge on any atom is 0.233 e. The second-order valence-corrected chi connectivity index (χ2v) is 9.63. The Hall–Kier alpha value is -2.10. The number of hydrogen-bond donors (Lipinski definition) is 0. The molecule has 0 saturated heterocycles. The highest BCUT2D eigenvalue weighted by atomic mass is 16.2. The van der Waals surface area contributed by atoms with Gasteiger partial charge in [0.25, 0.3) is 0 Å². The Morgan fingerprint density at radius 2 is 1.70 bits per heavy atom. The first kappa shape index (κ1) is 15.9. The van der Waals surface area contributed by atoms with Gasteiger partial charge >= 0.3 is 0 Å². The minimum Gasteiger partial charge on any atom is -0.307 e. The SMILES string of the molecule is Cn1ncc2c1Cc1ccccc1N(C(=O)C13CC4CC(CC(C4)C1)C3)C2. The Morgan fingerprint density at radius 1 is 1.04 bits per heavy atom. The zero-order valence-electron chi connectivity index (χ0n) is 16.0. The fourth-order valence-corrected chi connectivity index (χ4v) is 7.07. The number of hydrogen-bond acceptors (Lipinski definition) is 2. The molecule has 0 unspecified atom stereocenters. The molecule has 4 bridgehead atoms. The highest BCUT2D eigenvalue weighted by Crippen LogP contribution is 2.61. The first-order chi connectivity index (χ1) is 13.1. The molecule has 2 aromatic rings. The van der Waals surface area contributed by atoms with Crippen LogP contribution in [0.3, 0.4) is 0 Å². The van der Waals surface area contributed by atoms with Gasteiger partial charge in [0.1, 0.15) is 0 Å². The van der Waals surface area contributed by atoms with Crippen molar-refractivity contribution in [3.05, 3.63) is 47.3 Å². The lowest BCUT2D eigenvalue weighted by atomic mass is 9.49.